The first-order valence-corrected chi connectivity index (χ1v) is 11.0. The molecular formula is C24H28N6O. The van der Waals surface area contributed by atoms with Crippen molar-refractivity contribution in [1.29, 1.82) is 0 Å². The predicted molar refractivity (Wildman–Crippen MR) is 119 cm³/mol. The molecule has 4 heterocycles. The number of aromatic amines is 1. The van der Waals surface area contributed by atoms with Gasteiger partial charge >= 0.3 is 0 Å². The van der Waals surface area contributed by atoms with Gasteiger partial charge in [0.25, 0.3) is 5.91 Å². The Hall–Kier alpha value is -3.22. The molecule has 1 N–H and O–H groups in total. The summed E-state index contributed by atoms with van der Waals surface area (Å²) >= 11 is 0. The van der Waals surface area contributed by atoms with E-state index in [-0.39, 0.29) is 5.91 Å². The van der Waals surface area contributed by atoms with Gasteiger partial charge < -0.3 is 9.88 Å². The van der Waals surface area contributed by atoms with Crippen LogP contribution < -0.4 is 0 Å². The van der Waals surface area contributed by atoms with Crippen molar-refractivity contribution in [1.82, 2.24) is 29.6 Å². The van der Waals surface area contributed by atoms with E-state index in [2.05, 4.69) is 33.3 Å². The first-order chi connectivity index (χ1) is 15.0. The van der Waals surface area contributed by atoms with Gasteiger partial charge in [-0.15, -0.1) is 10.2 Å². The number of fused-ring (bicyclic) bond motifs is 1. The fourth-order valence-corrected chi connectivity index (χ4v) is 4.88. The van der Waals surface area contributed by atoms with Gasteiger partial charge in [-0.3, -0.25) is 9.36 Å². The summed E-state index contributed by atoms with van der Waals surface area (Å²) in [5.74, 6) is 2.57. The maximum atomic E-state index is 13.3. The minimum Gasteiger partial charge on any atom is -0.346 e. The molecule has 0 spiro atoms. The van der Waals surface area contributed by atoms with Crippen LogP contribution in [0.25, 0.3) is 17.5 Å². The van der Waals surface area contributed by atoms with Crippen molar-refractivity contribution in [2.75, 3.05) is 13.1 Å². The van der Waals surface area contributed by atoms with E-state index in [1.807, 2.05) is 41.5 Å². The molecule has 0 radical (unpaired) electrons. The molecule has 1 amide bonds. The first kappa shape index (κ1) is 19.7. The zero-order chi connectivity index (χ0) is 21.5. The second-order valence-electron chi connectivity index (χ2n) is 8.75. The molecular weight excluding hydrogens is 388 g/mol. The average Bonchev–Trinajstić information content (AvgIpc) is 3.38. The number of amides is 1. The summed E-state index contributed by atoms with van der Waals surface area (Å²) in [7, 11) is 0. The van der Waals surface area contributed by atoms with E-state index >= 15 is 0 Å². The molecule has 7 nitrogen and oxygen atoms in total. The van der Waals surface area contributed by atoms with Crippen molar-refractivity contribution in [3.05, 3.63) is 58.6 Å². The summed E-state index contributed by atoms with van der Waals surface area (Å²) in [6, 6.07) is 5.98. The number of piperidine rings is 1. The van der Waals surface area contributed by atoms with Crippen LogP contribution in [0.2, 0.25) is 0 Å². The molecule has 0 bridgehead atoms. The Kier molecular flexibility index (Phi) is 4.96. The smallest absolute Gasteiger partial charge is 0.253 e. The van der Waals surface area contributed by atoms with E-state index in [4.69, 9.17) is 0 Å². The Morgan fingerprint density at radius 1 is 1.13 bits per heavy atom. The van der Waals surface area contributed by atoms with E-state index in [0.717, 1.165) is 78.5 Å². The Morgan fingerprint density at radius 3 is 2.68 bits per heavy atom. The van der Waals surface area contributed by atoms with Gasteiger partial charge in [0.05, 0.1) is 5.69 Å². The van der Waals surface area contributed by atoms with Crippen LogP contribution in [0.1, 0.15) is 52.5 Å². The molecule has 1 fully saturated rings. The van der Waals surface area contributed by atoms with Gasteiger partial charge in [0, 0.05) is 42.5 Å². The topological polar surface area (TPSA) is 79.7 Å². The first-order valence-electron chi connectivity index (χ1n) is 11.0. The van der Waals surface area contributed by atoms with Crippen molar-refractivity contribution in [2.24, 2.45) is 5.92 Å². The number of hydrogen-bond acceptors (Lipinski definition) is 4. The molecule has 0 atom stereocenters. The molecule has 3 aromatic rings. The number of allylic oxidation sites excluding steroid dienone is 1. The van der Waals surface area contributed by atoms with Gasteiger partial charge in [-0.1, -0.05) is 6.07 Å². The number of hydrogen-bond donors (Lipinski definition) is 1. The minimum absolute atomic E-state index is 0.114. The SMILES string of the molecule is Cc1nc(-c2cc(C(=O)N3CCC(C4=Cn5cnnc5CC4)CC3)ccc2C)c(C)[nH]1. The lowest BCUT2D eigenvalue weighted by Crippen LogP contribution is -2.39. The highest BCUT2D eigenvalue weighted by atomic mass is 16.2. The molecule has 0 unspecified atom stereocenters. The Balaban J connectivity index is 1.30. The highest BCUT2D eigenvalue weighted by molar-refractivity contribution is 5.95. The normalized spacial score (nSPS) is 16.9. The van der Waals surface area contributed by atoms with E-state index in [1.165, 1.54) is 5.57 Å². The molecule has 0 aliphatic carbocycles. The molecule has 1 aromatic carbocycles. The zero-order valence-corrected chi connectivity index (χ0v) is 18.4. The number of aryl methyl sites for hydroxylation is 4. The second-order valence-corrected chi connectivity index (χ2v) is 8.75. The Morgan fingerprint density at radius 2 is 1.94 bits per heavy atom. The summed E-state index contributed by atoms with van der Waals surface area (Å²) in [4.78, 5) is 23.2. The third kappa shape index (κ3) is 3.69. The van der Waals surface area contributed by atoms with Crippen molar-refractivity contribution in [3.8, 4) is 11.3 Å². The number of likely N-dealkylation sites (tertiary alicyclic amines) is 1. The number of nitrogens with zero attached hydrogens (tertiary/aromatic N) is 5. The summed E-state index contributed by atoms with van der Waals surface area (Å²) in [6.45, 7) is 7.63. The summed E-state index contributed by atoms with van der Waals surface area (Å²) in [6.07, 6.45) is 7.98. The average molecular weight is 417 g/mol. The number of aromatic nitrogens is 5. The summed E-state index contributed by atoms with van der Waals surface area (Å²) in [5.41, 5.74) is 6.32. The molecule has 5 rings (SSSR count). The number of carbonyl (C=O) groups excluding carboxylic acids is 1. The van der Waals surface area contributed by atoms with Gasteiger partial charge in [0.1, 0.15) is 18.0 Å². The predicted octanol–water partition coefficient (Wildman–Crippen LogP) is 3.93. The molecule has 2 aliphatic heterocycles. The van der Waals surface area contributed by atoms with Crippen molar-refractivity contribution in [2.45, 2.75) is 46.5 Å². The largest absolute Gasteiger partial charge is 0.346 e. The van der Waals surface area contributed by atoms with E-state index in [9.17, 15) is 4.79 Å². The van der Waals surface area contributed by atoms with Crippen LogP contribution in [-0.2, 0) is 6.42 Å². The van der Waals surface area contributed by atoms with Gasteiger partial charge in [-0.05, 0) is 69.2 Å². The molecule has 0 saturated carbocycles. The van der Waals surface area contributed by atoms with Gasteiger partial charge in [0.2, 0.25) is 0 Å². The lowest BCUT2D eigenvalue weighted by atomic mass is 9.86. The van der Waals surface area contributed by atoms with E-state index < -0.39 is 0 Å². The lowest BCUT2D eigenvalue weighted by molar-refractivity contribution is 0.0701. The number of rotatable bonds is 3. The van der Waals surface area contributed by atoms with Crippen LogP contribution in [-0.4, -0.2) is 48.6 Å². The zero-order valence-electron chi connectivity index (χ0n) is 18.4. The quantitative estimate of drug-likeness (QED) is 0.701. The van der Waals surface area contributed by atoms with Crippen LogP contribution in [0.15, 0.2) is 30.1 Å². The van der Waals surface area contributed by atoms with Crippen LogP contribution >= 0.6 is 0 Å². The minimum atomic E-state index is 0.114. The maximum Gasteiger partial charge on any atom is 0.253 e. The highest BCUT2D eigenvalue weighted by Gasteiger charge is 2.27. The summed E-state index contributed by atoms with van der Waals surface area (Å²) in [5, 5.41) is 8.16. The third-order valence-electron chi connectivity index (χ3n) is 6.64. The maximum absolute atomic E-state index is 13.3. The van der Waals surface area contributed by atoms with Crippen LogP contribution in [0.4, 0.5) is 0 Å². The molecule has 2 aliphatic rings. The number of nitrogens with one attached hydrogen (secondary N) is 1. The van der Waals surface area contributed by atoms with Crippen LogP contribution in [0.5, 0.6) is 0 Å². The number of benzene rings is 1. The monoisotopic (exact) mass is 416 g/mol. The number of imidazole rings is 1. The Bertz CT molecular complexity index is 1160. The molecule has 31 heavy (non-hydrogen) atoms. The molecule has 160 valence electrons. The van der Waals surface area contributed by atoms with Crippen molar-refractivity contribution in [3.63, 3.8) is 0 Å². The standard InChI is InChI=1S/C24H28N6O/c1-15-4-5-19(12-21(15)23-16(2)26-17(3)27-23)24(31)29-10-8-18(9-11-29)20-6-7-22-28-25-14-30(22)13-20/h4-5,12-14,18H,6-11H2,1-3H3,(H,26,27). The van der Waals surface area contributed by atoms with Crippen LogP contribution in [0, 0.1) is 26.7 Å². The Labute approximate surface area is 182 Å². The number of H-pyrrole nitrogens is 1. The number of carbonyl (C=O) groups is 1. The van der Waals surface area contributed by atoms with Gasteiger partial charge in [-0.25, -0.2) is 4.98 Å². The van der Waals surface area contributed by atoms with Gasteiger partial charge in [-0.2, -0.15) is 0 Å². The third-order valence-corrected chi connectivity index (χ3v) is 6.64. The highest BCUT2D eigenvalue weighted by Crippen LogP contribution is 2.32. The second kappa shape index (κ2) is 7.80. The summed E-state index contributed by atoms with van der Waals surface area (Å²) < 4.78 is 2.04. The van der Waals surface area contributed by atoms with Crippen LogP contribution in [0.3, 0.4) is 0 Å². The fourth-order valence-electron chi connectivity index (χ4n) is 4.88. The van der Waals surface area contributed by atoms with Crippen molar-refractivity contribution < 1.29 is 4.79 Å². The van der Waals surface area contributed by atoms with E-state index in [1.54, 1.807) is 6.33 Å². The molecule has 1 saturated heterocycles. The fraction of sp³-hybridized carbons (Fsp3) is 0.417. The molecule has 2 aromatic heterocycles. The lowest BCUT2D eigenvalue weighted by Gasteiger charge is -2.34. The van der Waals surface area contributed by atoms with Crippen molar-refractivity contribution >= 4 is 12.1 Å². The van der Waals surface area contributed by atoms with Gasteiger partial charge in [0.15, 0.2) is 0 Å². The molecule has 7 heteroatoms. The van der Waals surface area contributed by atoms with E-state index in [0.29, 0.717) is 5.92 Å².